The van der Waals surface area contributed by atoms with Crippen LogP contribution in [0.5, 0.6) is 0 Å². The molecule has 1 aromatic carbocycles. The average molecular weight is 263 g/mol. The molecule has 2 nitrogen and oxygen atoms in total. The van der Waals surface area contributed by atoms with Gasteiger partial charge in [-0.2, -0.15) is 0 Å². The number of hydrogen-bond donors (Lipinski definition) is 1. The van der Waals surface area contributed by atoms with Crippen molar-refractivity contribution in [2.75, 3.05) is 13.6 Å². The van der Waals surface area contributed by atoms with E-state index in [0.29, 0.717) is 0 Å². The fourth-order valence-electron chi connectivity index (χ4n) is 2.26. The zero-order chi connectivity index (χ0) is 13.1. The second kappa shape index (κ2) is 5.68. The van der Waals surface area contributed by atoms with Crippen LogP contribution in [0.15, 0.2) is 18.2 Å². The normalized spacial score (nSPS) is 11.1. The predicted octanol–water partition coefficient (Wildman–Crippen LogP) is 3.66. The van der Waals surface area contributed by atoms with Crippen molar-refractivity contribution in [2.24, 2.45) is 0 Å². The number of nitrogens with zero attached hydrogens (tertiary/aromatic N) is 1. The Morgan fingerprint density at radius 3 is 2.72 bits per heavy atom. The quantitative estimate of drug-likeness (QED) is 0.851. The molecule has 0 atom stereocenters. The standard InChI is InChI=1S/C15H19ClN2/c1-10-7-14(16)9-13-8-12(5-4-6-17-3)11(2)18-15(10)13/h7-9,17H,4-6H2,1-3H3. The molecular formula is C15H19ClN2. The number of fused-ring (bicyclic) bond motifs is 1. The smallest absolute Gasteiger partial charge is 0.0735 e. The van der Waals surface area contributed by atoms with E-state index in [1.165, 1.54) is 5.56 Å². The van der Waals surface area contributed by atoms with E-state index in [0.717, 1.165) is 46.6 Å². The molecule has 96 valence electrons. The molecule has 0 radical (unpaired) electrons. The van der Waals surface area contributed by atoms with Crippen LogP contribution >= 0.6 is 11.6 Å². The molecule has 0 aliphatic heterocycles. The van der Waals surface area contributed by atoms with Gasteiger partial charge in [0.25, 0.3) is 0 Å². The van der Waals surface area contributed by atoms with Crippen LogP contribution in [0.2, 0.25) is 5.02 Å². The summed E-state index contributed by atoms with van der Waals surface area (Å²) < 4.78 is 0. The van der Waals surface area contributed by atoms with Crippen LogP contribution in [0.4, 0.5) is 0 Å². The molecule has 0 spiro atoms. The molecule has 0 aliphatic rings. The van der Waals surface area contributed by atoms with Crippen molar-refractivity contribution in [3.63, 3.8) is 0 Å². The second-order valence-corrected chi connectivity index (χ2v) is 5.17. The van der Waals surface area contributed by atoms with E-state index in [4.69, 9.17) is 16.6 Å². The highest BCUT2D eigenvalue weighted by Gasteiger charge is 2.06. The molecular weight excluding hydrogens is 244 g/mol. The van der Waals surface area contributed by atoms with Crippen LogP contribution in [-0.4, -0.2) is 18.6 Å². The van der Waals surface area contributed by atoms with Gasteiger partial charge in [0, 0.05) is 16.1 Å². The second-order valence-electron chi connectivity index (χ2n) is 4.73. The van der Waals surface area contributed by atoms with E-state index >= 15 is 0 Å². The predicted molar refractivity (Wildman–Crippen MR) is 78.5 cm³/mol. The highest BCUT2D eigenvalue weighted by molar-refractivity contribution is 6.31. The van der Waals surface area contributed by atoms with Crippen LogP contribution in [0.1, 0.15) is 23.2 Å². The maximum atomic E-state index is 6.11. The molecule has 0 unspecified atom stereocenters. The Morgan fingerprint density at radius 2 is 2.00 bits per heavy atom. The van der Waals surface area contributed by atoms with E-state index in [1.54, 1.807) is 0 Å². The first kappa shape index (κ1) is 13.3. The van der Waals surface area contributed by atoms with Crippen LogP contribution in [0, 0.1) is 13.8 Å². The summed E-state index contributed by atoms with van der Waals surface area (Å²) in [5.41, 5.74) is 4.65. The molecule has 2 aromatic rings. The van der Waals surface area contributed by atoms with Crippen molar-refractivity contribution in [1.29, 1.82) is 0 Å². The van der Waals surface area contributed by atoms with Crippen LogP contribution in [0.25, 0.3) is 10.9 Å². The Balaban J connectivity index is 2.41. The zero-order valence-electron chi connectivity index (χ0n) is 11.2. The minimum atomic E-state index is 0.784. The monoisotopic (exact) mass is 262 g/mol. The fraction of sp³-hybridized carbons (Fsp3) is 0.400. The Morgan fingerprint density at radius 1 is 1.22 bits per heavy atom. The number of halogens is 1. The van der Waals surface area contributed by atoms with Gasteiger partial charge in [-0.3, -0.25) is 4.98 Å². The highest BCUT2D eigenvalue weighted by Crippen LogP contribution is 2.24. The molecule has 1 N–H and O–H groups in total. The maximum Gasteiger partial charge on any atom is 0.0735 e. The summed E-state index contributed by atoms with van der Waals surface area (Å²) in [4.78, 5) is 4.72. The molecule has 1 aromatic heterocycles. The number of aryl methyl sites for hydroxylation is 3. The SMILES string of the molecule is CNCCCc1cc2cc(Cl)cc(C)c2nc1C. The van der Waals surface area contributed by atoms with Gasteiger partial charge in [0.05, 0.1) is 5.52 Å². The molecule has 18 heavy (non-hydrogen) atoms. The first-order valence-electron chi connectivity index (χ1n) is 6.33. The van der Waals surface area contributed by atoms with Crippen LogP contribution < -0.4 is 5.32 Å². The summed E-state index contributed by atoms with van der Waals surface area (Å²) in [6.45, 7) is 5.18. The summed E-state index contributed by atoms with van der Waals surface area (Å²) in [6, 6.07) is 6.20. The number of pyridine rings is 1. The van der Waals surface area contributed by atoms with E-state index in [-0.39, 0.29) is 0 Å². The van der Waals surface area contributed by atoms with Gasteiger partial charge >= 0.3 is 0 Å². The number of hydrogen-bond acceptors (Lipinski definition) is 2. The largest absolute Gasteiger partial charge is 0.320 e. The summed E-state index contributed by atoms with van der Waals surface area (Å²) in [6.07, 6.45) is 2.19. The minimum Gasteiger partial charge on any atom is -0.320 e. The molecule has 0 aliphatic carbocycles. The lowest BCUT2D eigenvalue weighted by Gasteiger charge is -2.09. The van der Waals surface area contributed by atoms with Gasteiger partial charge in [-0.1, -0.05) is 11.6 Å². The third kappa shape index (κ3) is 2.82. The molecule has 0 bridgehead atoms. The molecule has 3 heteroatoms. The Labute approximate surface area is 113 Å². The zero-order valence-corrected chi connectivity index (χ0v) is 11.9. The van der Waals surface area contributed by atoms with Gasteiger partial charge in [0.15, 0.2) is 0 Å². The number of nitrogens with one attached hydrogen (secondary N) is 1. The third-order valence-electron chi connectivity index (χ3n) is 3.24. The summed E-state index contributed by atoms with van der Waals surface area (Å²) in [5.74, 6) is 0. The third-order valence-corrected chi connectivity index (χ3v) is 3.46. The van der Waals surface area contributed by atoms with Gasteiger partial charge in [0.2, 0.25) is 0 Å². The summed E-state index contributed by atoms with van der Waals surface area (Å²) >= 11 is 6.11. The van der Waals surface area contributed by atoms with E-state index < -0.39 is 0 Å². The molecule has 0 saturated heterocycles. The number of rotatable bonds is 4. The average Bonchev–Trinajstić information content (AvgIpc) is 2.31. The van der Waals surface area contributed by atoms with E-state index in [9.17, 15) is 0 Å². The molecule has 1 heterocycles. The lowest BCUT2D eigenvalue weighted by molar-refractivity contribution is 0.721. The maximum absolute atomic E-state index is 6.11. The molecule has 0 saturated carbocycles. The van der Waals surface area contributed by atoms with Crippen molar-refractivity contribution in [2.45, 2.75) is 26.7 Å². The Hall–Kier alpha value is -1.12. The van der Waals surface area contributed by atoms with Crippen molar-refractivity contribution in [3.8, 4) is 0 Å². The van der Waals surface area contributed by atoms with Gasteiger partial charge in [-0.05, 0) is 69.6 Å². The molecule has 0 amide bonds. The van der Waals surface area contributed by atoms with Gasteiger partial charge in [-0.15, -0.1) is 0 Å². The number of benzene rings is 1. The van der Waals surface area contributed by atoms with Crippen LogP contribution in [-0.2, 0) is 6.42 Å². The summed E-state index contributed by atoms with van der Waals surface area (Å²) in [5, 5.41) is 5.10. The lowest BCUT2D eigenvalue weighted by Crippen LogP contribution is -2.09. The van der Waals surface area contributed by atoms with E-state index in [1.807, 2.05) is 19.2 Å². The van der Waals surface area contributed by atoms with Crippen molar-refractivity contribution >= 4 is 22.5 Å². The summed E-state index contributed by atoms with van der Waals surface area (Å²) in [7, 11) is 1.98. The van der Waals surface area contributed by atoms with Crippen LogP contribution in [0.3, 0.4) is 0 Å². The topological polar surface area (TPSA) is 24.9 Å². The first-order valence-corrected chi connectivity index (χ1v) is 6.70. The van der Waals surface area contributed by atoms with Gasteiger partial charge < -0.3 is 5.32 Å². The number of aromatic nitrogens is 1. The minimum absolute atomic E-state index is 0.784. The van der Waals surface area contributed by atoms with Crippen molar-refractivity contribution in [1.82, 2.24) is 10.3 Å². The van der Waals surface area contributed by atoms with Crippen molar-refractivity contribution in [3.05, 3.63) is 40.0 Å². The van der Waals surface area contributed by atoms with Gasteiger partial charge in [-0.25, -0.2) is 0 Å². The fourth-order valence-corrected chi connectivity index (χ4v) is 2.55. The van der Waals surface area contributed by atoms with E-state index in [2.05, 4.69) is 25.2 Å². The molecule has 0 fully saturated rings. The van der Waals surface area contributed by atoms with Crippen molar-refractivity contribution < 1.29 is 0 Å². The molecule has 2 rings (SSSR count). The Bertz CT molecular complexity index is 564. The first-order chi connectivity index (χ1) is 8.61. The highest BCUT2D eigenvalue weighted by atomic mass is 35.5. The lowest BCUT2D eigenvalue weighted by atomic mass is 10.0. The van der Waals surface area contributed by atoms with Gasteiger partial charge in [0.1, 0.15) is 0 Å². The Kier molecular flexibility index (Phi) is 4.20.